The number of likely N-dealkylation sites (N-methyl/N-ethyl adjacent to an activating group) is 1. The fraction of sp³-hybridized carbons (Fsp3) is 0.200. The molecule has 1 aliphatic rings. The van der Waals surface area contributed by atoms with E-state index < -0.39 is 0 Å². The van der Waals surface area contributed by atoms with Crippen molar-refractivity contribution in [1.82, 2.24) is 30.0 Å². The number of aromatic amines is 1. The lowest BCUT2D eigenvalue weighted by Gasteiger charge is -2.15. The van der Waals surface area contributed by atoms with Crippen molar-refractivity contribution in [2.45, 2.75) is 13.1 Å². The Hall–Kier alpha value is -4.74. The number of hydrogen-bond acceptors (Lipinski definition) is 7. The molecular formula is C30H27N7O. The Balaban J connectivity index is 1.18. The van der Waals surface area contributed by atoms with Gasteiger partial charge in [-0.05, 0) is 79.7 Å². The SMILES string of the molecule is CN(C)CCOc1ccc2c(c1)CN(c1nccc(-c3cccc(C#Cc4ccc5[nH]ncc5c4)n3)n1)C2. The topological polar surface area (TPSA) is 83.1 Å². The molecule has 4 heterocycles. The summed E-state index contributed by atoms with van der Waals surface area (Å²) in [7, 11) is 4.08. The van der Waals surface area contributed by atoms with E-state index >= 15 is 0 Å². The minimum atomic E-state index is 0.663. The van der Waals surface area contributed by atoms with Gasteiger partial charge in [-0.15, -0.1) is 0 Å². The molecule has 0 saturated heterocycles. The third kappa shape index (κ3) is 5.19. The summed E-state index contributed by atoms with van der Waals surface area (Å²) in [5, 5.41) is 8.05. The normalized spacial score (nSPS) is 12.4. The average molecular weight is 502 g/mol. The molecule has 0 aliphatic carbocycles. The first-order valence-corrected chi connectivity index (χ1v) is 12.5. The molecule has 6 rings (SSSR count). The zero-order valence-electron chi connectivity index (χ0n) is 21.3. The number of nitrogens with one attached hydrogen (secondary N) is 1. The second kappa shape index (κ2) is 10.3. The van der Waals surface area contributed by atoms with Gasteiger partial charge in [-0.3, -0.25) is 5.10 Å². The van der Waals surface area contributed by atoms with Crippen LogP contribution in [0.2, 0.25) is 0 Å². The highest BCUT2D eigenvalue weighted by Gasteiger charge is 2.22. The van der Waals surface area contributed by atoms with Gasteiger partial charge in [0.25, 0.3) is 0 Å². The molecule has 3 aromatic heterocycles. The number of aromatic nitrogens is 5. The van der Waals surface area contributed by atoms with Crippen molar-refractivity contribution in [1.29, 1.82) is 0 Å². The van der Waals surface area contributed by atoms with Gasteiger partial charge in [-0.25, -0.2) is 15.0 Å². The summed E-state index contributed by atoms with van der Waals surface area (Å²) in [5.41, 5.74) is 6.63. The van der Waals surface area contributed by atoms with Crippen LogP contribution in [0, 0.1) is 11.8 Å². The molecule has 0 spiro atoms. The lowest BCUT2D eigenvalue weighted by Crippen LogP contribution is -2.19. The van der Waals surface area contributed by atoms with E-state index in [1.807, 2.05) is 62.6 Å². The van der Waals surface area contributed by atoms with Crippen LogP contribution < -0.4 is 9.64 Å². The van der Waals surface area contributed by atoms with Crippen molar-refractivity contribution in [3.05, 3.63) is 95.4 Å². The third-order valence-corrected chi connectivity index (χ3v) is 6.42. The van der Waals surface area contributed by atoms with Crippen LogP contribution in [0.4, 0.5) is 5.95 Å². The van der Waals surface area contributed by atoms with Crippen LogP contribution in [0.25, 0.3) is 22.3 Å². The van der Waals surface area contributed by atoms with Crippen LogP contribution in [0.5, 0.6) is 5.75 Å². The van der Waals surface area contributed by atoms with E-state index in [9.17, 15) is 0 Å². The fourth-order valence-electron chi connectivity index (χ4n) is 4.40. The molecule has 8 nitrogen and oxygen atoms in total. The zero-order chi connectivity index (χ0) is 25.9. The van der Waals surface area contributed by atoms with Crippen LogP contribution in [-0.2, 0) is 13.1 Å². The van der Waals surface area contributed by atoms with Crippen molar-refractivity contribution < 1.29 is 4.74 Å². The van der Waals surface area contributed by atoms with Crippen molar-refractivity contribution >= 4 is 16.9 Å². The summed E-state index contributed by atoms with van der Waals surface area (Å²) in [6, 6.07) is 20.0. The number of fused-ring (bicyclic) bond motifs is 2. The maximum atomic E-state index is 5.92. The molecule has 0 amide bonds. The molecule has 0 fully saturated rings. The number of pyridine rings is 1. The van der Waals surface area contributed by atoms with Crippen molar-refractivity contribution in [3.8, 4) is 29.0 Å². The van der Waals surface area contributed by atoms with E-state index in [4.69, 9.17) is 14.7 Å². The number of hydrogen-bond donors (Lipinski definition) is 1. The largest absolute Gasteiger partial charge is 0.492 e. The molecule has 1 N–H and O–H groups in total. The monoisotopic (exact) mass is 501 g/mol. The third-order valence-electron chi connectivity index (χ3n) is 6.42. The Labute approximate surface area is 221 Å². The van der Waals surface area contributed by atoms with Gasteiger partial charge in [0.15, 0.2) is 0 Å². The summed E-state index contributed by atoms with van der Waals surface area (Å²) in [6.07, 6.45) is 3.58. The quantitative estimate of drug-likeness (QED) is 0.348. The standard InChI is InChI=1S/C30H27N7O/c1-36(2)14-15-38-26-10-8-22-19-37(20-24(22)17-26)30-31-13-12-29(34-30)28-5-3-4-25(33-28)9-6-21-7-11-27-23(16-21)18-32-35-27/h3-5,7-8,10-13,16-18H,14-15,19-20H2,1-2H3,(H,32,35). The Morgan fingerprint density at radius 3 is 2.76 bits per heavy atom. The van der Waals surface area contributed by atoms with Gasteiger partial charge in [0.2, 0.25) is 5.95 Å². The summed E-state index contributed by atoms with van der Waals surface area (Å²) >= 11 is 0. The number of H-pyrrole nitrogens is 1. The van der Waals surface area contributed by atoms with E-state index in [2.05, 4.69) is 49.0 Å². The highest BCUT2D eigenvalue weighted by molar-refractivity contribution is 5.79. The van der Waals surface area contributed by atoms with E-state index in [0.717, 1.165) is 53.2 Å². The number of nitrogens with zero attached hydrogens (tertiary/aromatic N) is 6. The van der Waals surface area contributed by atoms with Gasteiger partial charge >= 0.3 is 0 Å². The van der Waals surface area contributed by atoms with E-state index in [-0.39, 0.29) is 0 Å². The van der Waals surface area contributed by atoms with E-state index in [0.29, 0.717) is 18.2 Å². The first kappa shape index (κ1) is 23.6. The summed E-state index contributed by atoms with van der Waals surface area (Å²) in [4.78, 5) is 18.4. The summed E-state index contributed by atoms with van der Waals surface area (Å²) in [6.45, 7) is 3.04. The molecule has 0 atom stereocenters. The average Bonchev–Trinajstić information content (AvgIpc) is 3.58. The molecule has 2 aromatic carbocycles. The van der Waals surface area contributed by atoms with Crippen molar-refractivity contribution in [3.63, 3.8) is 0 Å². The minimum Gasteiger partial charge on any atom is -0.492 e. The van der Waals surface area contributed by atoms with Crippen LogP contribution >= 0.6 is 0 Å². The molecule has 188 valence electrons. The molecule has 0 bridgehead atoms. The van der Waals surface area contributed by atoms with Crippen molar-refractivity contribution in [2.75, 3.05) is 32.1 Å². The number of rotatable bonds is 6. The predicted molar refractivity (Wildman–Crippen MR) is 148 cm³/mol. The van der Waals surface area contributed by atoms with Gasteiger partial charge in [-0.2, -0.15) is 5.10 Å². The van der Waals surface area contributed by atoms with E-state index in [1.165, 1.54) is 11.1 Å². The summed E-state index contributed by atoms with van der Waals surface area (Å²) in [5.74, 6) is 7.96. The van der Waals surface area contributed by atoms with Gasteiger partial charge in [0, 0.05) is 36.8 Å². The van der Waals surface area contributed by atoms with Crippen LogP contribution in [-0.4, -0.2) is 57.3 Å². The van der Waals surface area contributed by atoms with Gasteiger partial charge in [0.05, 0.1) is 23.1 Å². The minimum absolute atomic E-state index is 0.663. The lowest BCUT2D eigenvalue weighted by molar-refractivity contribution is 0.261. The van der Waals surface area contributed by atoms with Gasteiger partial charge < -0.3 is 14.5 Å². The molecular weight excluding hydrogens is 474 g/mol. The highest BCUT2D eigenvalue weighted by Crippen LogP contribution is 2.30. The zero-order valence-corrected chi connectivity index (χ0v) is 21.3. The molecule has 5 aromatic rings. The van der Waals surface area contributed by atoms with E-state index in [1.54, 1.807) is 12.4 Å². The van der Waals surface area contributed by atoms with Crippen LogP contribution in [0.15, 0.2) is 73.1 Å². The lowest BCUT2D eigenvalue weighted by atomic mass is 10.1. The predicted octanol–water partition coefficient (Wildman–Crippen LogP) is 4.28. The Kier molecular flexibility index (Phi) is 6.42. The van der Waals surface area contributed by atoms with Crippen molar-refractivity contribution in [2.24, 2.45) is 0 Å². The fourth-order valence-corrected chi connectivity index (χ4v) is 4.40. The Morgan fingerprint density at radius 2 is 1.84 bits per heavy atom. The van der Waals surface area contributed by atoms with Gasteiger partial charge in [-0.1, -0.05) is 18.1 Å². The summed E-state index contributed by atoms with van der Waals surface area (Å²) < 4.78 is 5.92. The number of benzene rings is 2. The second-order valence-electron chi connectivity index (χ2n) is 9.51. The highest BCUT2D eigenvalue weighted by atomic mass is 16.5. The molecule has 0 radical (unpaired) electrons. The Morgan fingerprint density at radius 1 is 0.947 bits per heavy atom. The molecule has 8 heteroatoms. The molecule has 0 saturated carbocycles. The first-order chi connectivity index (χ1) is 18.6. The molecule has 0 unspecified atom stereocenters. The molecule has 1 aliphatic heterocycles. The molecule has 38 heavy (non-hydrogen) atoms. The number of ether oxygens (including phenoxy) is 1. The smallest absolute Gasteiger partial charge is 0.226 e. The first-order valence-electron chi connectivity index (χ1n) is 12.5. The maximum Gasteiger partial charge on any atom is 0.226 e. The van der Waals surface area contributed by atoms with Gasteiger partial charge in [0.1, 0.15) is 18.1 Å². The van der Waals surface area contributed by atoms with Crippen LogP contribution in [0.3, 0.4) is 0 Å². The number of anilines is 1. The maximum absolute atomic E-state index is 5.92. The second-order valence-corrected chi connectivity index (χ2v) is 9.51. The van der Waals surface area contributed by atoms with Crippen LogP contribution in [0.1, 0.15) is 22.4 Å². The Bertz CT molecular complexity index is 1660.